The number of fused-ring (bicyclic) bond motifs is 1. The highest BCUT2D eigenvalue weighted by Gasteiger charge is 2.39. The summed E-state index contributed by atoms with van der Waals surface area (Å²) < 4.78 is 0. The number of amides is 1. The zero-order valence-electron chi connectivity index (χ0n) is 14.1. The standard InChI is InChI=1S/C17H25N3O2.ClH/c1-4-5-14-15(11(3)21)10(2)19-16(14)17(22)20-8-12-6-18-7-13(12)9-20;/h12-13,18-19H,4-9H2,1-3H3;1H/t12-,13+;. The number of rotatable bonds is 4. The molecule has 2 atom stereocenters. The fraction of sp³-hybridized carbons (Fsp3) is 0.647. The lowest BCUT2D eigenvalue weighted by Crippen LogP contribution is -2.32. The second kappa shape index (κ2) is 7.05. The summed E-state index contributed by atoms with van der Waals surface area (Å²) in [6, 6.07) is 0. The first-order valence-electron chi connectivity index (χ1n) is 8.25. The molecule has 0 bridgehead atoms. The fourth-order valence-corrected chi connectivity index (χ4v) is 4.02. The zero-order valence-corrected chi connectivity index (χ0v) is 14.9. The summed E-state index contributed by atoms with van der Waals surface area (Å²) in [5.74, 6) is 1.27. The number of H-pyrrole nitrogens is 1. The average Bonchev–Trinajstić information content (AvgIpc) is 3.11. The Morgan fingerprint density at radius 3 is 2.35 bits per heavy atom. The van der Waals surface area contributed by atoms with Gasteiger partial charge in [-0.25, -0.2) is 0 Å². The number of carbonyl (C=O) groups excluding carboxylic acids is 2. The molecule has 0 radical (unpaired) electrons. The van der Waals surface area contributed by atoms with Crippen molar-refractivity contribution in [3.63, 3.8) is 0 Å². The van der Waals surface area contributed by atoms with E-state index in [-0.39, 0.29) is 24.1 Å². The number of ketones is 1. The summed E-state index contributed by atoms with van der Waals surface area (Å²) in [5, 5.41) is 3.39. The van der Waals surface area contributed by atoms with Crippen LogP contribution in [0.5, 0.6) is 0 Å². The van der Waals surface area contributed by atoms with E-state index in [1.807, 2.05) is 11.8 Å². The van der Waals surface area contributed by atoms with Crippen LogP contribution in [0.2, 0.25) is 0 Å². The molecule has 0 aliphatic carbocycles. The summed E-state index contributed by atoms with van der Waals surface area (Å²) in [4.78, 5) is 30.0. The van der Waals surface area contributed by atoms with Crippen LogP contribution in [0, 0.1) is 18.8 Å². The number of aryl methyl sites for hydroxylation is 1. The second-order valence-corrected chi connectivity index (χ2v) is 6.67. The summed E-state index contributed by atoms with van der Waals surface area (Å²) >= 11 is 0. The SMILES string of the molecule is CCCc1c(C(=O)N2C[C@H]3CNC[C@H]3C2)[nH]c(C)c1C(C)=O.Cl. The number of aromatic nitrogens is 1. The maximum Gasteiger partial charge on any atom is 0.270 e. The van der Waals surface area contributed by atoms with Gasteiger partial charge in [-0.15, -0.1) is 12.4 Å². The molecule has 3 rings (SSSR count). The van der Waals surface area contributed by atoms with Gasteiger partial charge in [0.2, 0.25) is 0 Å². The quantitative estimate of drug-likeness (QED) is 0.826. The Bertz CT molecular complexity index is 599. The van der Waals surface area contributed by atoms with E-state index < -0.39 is 0 Å². The molecule has 3 heterocycles. The van der Waals surface area contributed by atoms with E-state index in [9.17, 15) is 9.59 Å². The van der Waals surface area contributed by atoms with E-state index in [2.05, 4.69) is 17.2 Å². The number of aromatic amines is 1. The van der Waals surface area contributed by atoms with Gasteiger partial charge in [-0.2, -0.15) is 0 Å². The van der Waals surface area contributed by atoms with Crippen molar-refractivity contribution in [1.29, 1.82) is 0 Å². The van der Waals surface area contributed by atoms with Gasteiger partial charge in [-0.05, 0) is 37.7 Å². The number of halogens is 1. The van der Waals surface area contributed by atoms with Crippen LogP contribution in [-0.2, 0) is 6.42 Å². The molecule has 128 valence electrons. The minimum atomic E-state index is 0. The van der Waals surface area contributed by atoms with Gasteiger partial charge in [0.1, 0.15) is 5.69 Å². The largest absolute Gasteiger partial charge is 0.354 e. The highest BCUT2D eigenvalue weighted by atomic mass is 35.5. The van der Waals surface area contributed by atoms with Gasteiger partial charge in [0.05, 0.1) is 0 Å². The predicted octanol–water partition coefficient (Wildman–Crippen LogP) is 2.19. The highest BCUT2D eigenvalue weighted by Crippen LogP contribution is 2.29. The third-order valence-corrected chi connectivity index (χ3v) is 5.03. The van der Waals surface area contributed by atoms with Gasteiger partial charge in [0, 0.05) is 37.4 Å². The highest BCUT2D eigenvalue weighted by molar-refractivity contribution is 6.02. The summed E-state index contributed by atoms with van der Waals surface area (Å²) in [7, 11) is 0. The molecule has 2 aliphatic heterocycles. The molecule has 1 amide bonds. The molecule has 2 aliphatic rings. The molecule has 2 saturated heterocycles. The van der Waals surface area contributed by atoms with Crippen LogP contribution in [0.3, 0.4) is 0 Å². The van der Waals surface area contributed by atoms with E-state index >= 15 is 0 Å². The lowest BCUT2D eigenvalue weighted by Gasteiger charge is -2.18. The van der Waals surface area contributed by atoms with Crippen molar-refractivity contribution < 1.29 is 9.59 Å². The third-order valence-electron chi connectivity index (χ3n) is 5.03. The van der Waals surface area contributed by atoms with Crippen molar-refractivity contribution in [1.82, 2.24) is 15.2 Å². The topological polar surface area (TPSA) is 65.2 Å². The summed E-state index contributed by atoms with van der Waals surface area (Å²) in [6.07, 6.45) is 1.69. The number of Topliss-reactive ketones (excluding diaryl/α,β-unsaturated/α-hetero) is 1. The Labute approximate surface area is 143 Å². The first-order chi connectivity index (χ1) is 10.5. The summed E-state index contributed by atoms with van der Waals surface area (Å²) in [6.45, 7) is 9.22. The first-order valence-corrected chi connectivity index (χ1v) is 8.25. The van der Waals surface area contributed by atoms with E-state index in [0.717, 1.165) is 50.3 Å². The monoisotopic (exact) mass is 339 g/mol. The van der Waals surface area contributed by atoms with Crippen LogP contribution in [0.15, 0.2) is 0 Å². The first kappa shape index (κ1) is 18.0. The van der Waals surface area contributed by atoms with Gasteiger partial charge >= 0.3 is 0 Å². The molecule has 0 unspecified atom stereocenters. The molecule has 0 saturated carbocycles. The molecule has 1 aromatic rings. The number of hydrogen-bond donors (Lipinski definition) is 2. The Hall–Kier alpha value is -1.33. The second-order valence-electron chi connectivity index (χ2n) is 6.67. The van der Waals surface area contributed by atoms with Gasteiger partial charge in [-0.3, -0.25) is 9.59 Å². The maximum atomic E-state index is 12.9. The molecule has 5 nitrogen and oxygen atoms in total. The van der Waals surface area contributed by atoms with Crippen LogP contribution >= 0.6 is 12.4 Å². The molecule has 2 N–H and O–H groups in total. The lowest BCUT2D eigenvalue weighted by molar-refractivity contribution is 0.0775. The van der Waals surface area contributed by atoms with Gasteiger partial charge in [0.15, 0.2) is 5.78 Å². The Morgan fingerprint density at radius 2 is 1.83 bits per heavy atom. The molecular weight excluding hydrogens is 314 g/mol. The van der Waals surface area contributed by atoms with Crippen molar-refractivity contribution in [3.8, 4) is 0 Å². The number of nitrogens with zero attached hydrogens (tertiary/aromatic N) is 1. The number of likely N-dealkylation sites (tertiary alicyclic amines) is 1. The predicted molar refractivity (Wildman–Crippen MR) is 92.5 cm³/mol. The lowest BCUT2D eigenvalue weighted by atomic mass is 10.0. The van der Waals surface area contributed by atoms with Crippen molar-refractivity contribution in [2.75, 3.05) is 26.2 Å². The van der Waals surface area contributed by atoms with Crippen LogP contribution in [-0.4, -0.2) is 47.8 Å². The van der Waals surface area contributed by atoms with Crippen LogP contribution in [0.1, 0.15) is 52.4 Å². The van der Waals surface area contributed by atoms with E-state index in [0.29, 0.717) is 23.1 Å². The molecule has 0 spiro atoms. The minimum absolute atomic E-state index is 0. The maximum absolute atomic E-state index is 12.9. The van der Waals surface area contributed by atoms with Gasteiger partial charge in [-0.1, -0.05) is 13.3 Å². The molecule has 0 aromatic carbocycles. The molecule has 2 fully saturated rings. The normalized spacial score (nSPS) is 22.8. The average molecular weight is 340 g/mol. The third kappa shape index (κ3) is 3.17. The van der Waals surface area contributed by atoms with Crippen molar-refractivity contribution in [3.05, 3.63) is 22.5 Å². The zero-order chi connectivity index (χ0) is 15.9. The van der Waals surface area contributed by atoms with Gasteiger partial charge < -0.3 is 15.2 Å². The van der Waals surface area contributed by atoms with Gasteiger partial charge in [0.25, 0.3) is 5.91 Å². The smallest absolute Gasteiger partial charge is 0.270 e. The van der Waals surface area contributed by atoms with Crippen molar-refractivity contribution in [2.45, 2.75) is 33.6 Å². The number of nitrogens with one attached hydrogen (secondary N) is 2. The van der Waals surface area contributed by atoms with Crippen LogP contribution in [0.4, 0.5) is 0 Å². The molecule has 23 heavy (non-hydrogen) atoms. The summed E-state index contributed by atoms with van der Waals surface area (Å²) in [5.41, 5.74) is 3.08. The molecule has 1 aromatic heterocycles. The molecular formula is C17H26ClN3O2. The van der Waals surface area contributed by atoms with Crippen LogP contribution < -0.4 is 5.32 Å². The Morgan fingerprint density at radius 1 is 1.22 bits per heavy atom. The van der Waals surface area contributed by atoms with E-state index in [1.54, 1.807) is 6.92 Å². The Kier molecular flexibility index (Phi) is 5.53. The molecule has 6 heteroatoms. The van der Waals surface area contributed by atoms with E-state index in [4.69, 9.17) is 0 Å². The number of carbonyl (C=O) groups is 2. The van der Waals surface area contributed by atoms with E-state index in [1.165, 1.54) is 0 Å². The number of hydrogen-bond acceptors (Lipinski definition) is 3. The fourth-order valence-electron chi connectivity index (χ4n) is 4.02. The van der Waals surface area contributed by atoms with Crippen LogP contribution in [0.25, 0.3) is 0 Å². The van der Waals surface area contributed by atoms with Crippen molar-refractivity contribution >= 4 is 24.1 Å². The van der Waals surface area contributed by atoms with Crippen molar-refractivity contribution in [2.24, 2.45) is 11.8 Å². The Balaban J connectivity index is 0.00000192. The minimum Gasteiger partial charge on any atom is -0.354 e.